The molecule has 1 aliphatic heterocycles. The fraction of sp³-hybridized carbons (Fsp3) is 0.667. The van der Waals surface area contributed by atoms with Crippen LogP contribution in [0, 0.1) is 0 Å². The molecule has 2 heterocycles. The molecule has 1 aliphatic rings. The van der Waals surface area contributed by atoms with Gasteiger partial charge in [0.1, 0.15) is 18.0 Å². The second kappa shape index (κ2) is 5.49. The molecule has 18 heavy (non-hydrogen) atoms. The van der Waals surface area contributed by atoms with Gasteiger partial charge in [0.05, 0.1) is 6.10 Å². The number of nitrogens with two attached hydrogens (primary N) is 1. The predicted molar refractivity (Wildman–Crippen MR) is 71.6 cm³/mol. The zero-order chi connectivity index (χ0) is 13.1. The Morgan fingerprint density at radius 3 is 2.83 bits per heavy atom. The molecule has 0 saturated carbocycles. The largest absolute Gasteiger partial charge is 0.380 e. The average molecular weight is 251 g/mol. The van der Waals surface area contributed by atoms with Crippen molar-refractivity contribution in [1.82, 2.24) is 9.97 Å². The minimum atomic E-state index is 0.286. The van der Waals surface area contributed by atoms with Crippen LogP contribution in [0.3, 0.4) is 0 Å². The first kappa shape index (κ1) is 13.0. The Labute approximate surface area is 108 Å². The van der Waals surface area contributed by atoms with E-state index in [1.165, 1.54) is 0 Å². The summed E-state index contributed by atoms with van der Waals surface area (Å²) in [4.78, 5) is 10.8. The second-order valence-corrected chi connectivity index (χ2v) is 4.85. The Hall–Kier alpha value is -1.40. The van der Waals surface area contributed by atoms with Gasteiger partial charge in [-0.1, -0.05) is 13.8 Å². The molecule has 0 aliphatic carbocycles. The van der Waals surface area contributed by atoms with Crippen LogP contribution in [0.2, 0.25) is 0 Å². The molecule has 0 bridgehead atoms. The van der Waals surface area contributed by atoms with E-state index in [9.17, 15) is 0 Å². The van der Waals surface area contributed by atoms with Crippen LogP contribution in [0.4, 0.5) is 11.6 Å². The highest BCUT2D eigenvalue weighted by Gasteiger charge is 2.27. The van der Waals surface area contributed by atoms with Crippen LogP contribution < -0.4 is 16.2 Å². The summed E-state index contributed by atoms with van der Waals surface area (Å²) in [6, 6.07) is 0. The van der Waals surface area contributed by atoms with Gasteiger partial charge in [-0.05, 0) is 12.3 Å². The number of hydrogen-bond acceptors (Lipinski definition) is 6. The topological polar surface area (TPSA) is 76.3 Å². The maximum absolute atomic E-state index is 5.53. The van der Waals surface area contributed by atoms with Crippen LogP contribution in [0.15, 0.2) is 6.33 Å². The lowest BCUT2D eigenvalue weighted by Gasteiger charge is -2.23. The third kappa shape index (κ3) is 2.39. The number of aromatic nitrogens is 2. The van der Waals surface area contributed by atoms with Crippen molar-refractivity contribution in [3.05, 3.63) is 11.9 Å². The van der Waals surface area contributed by atoms with E-state index < -0.39 is 0 Å². The zero-order valence-electron chi connectivity index (χ0n) is 11.2. The number of ether oxygens (including phenoxy) is 1. The number of hydrazine groups is 1. The number of nitrogens with zero attached hydrogens (tertiary/aromatic N) is 3. The number of anilines is 2. The molecular formula is C12H21N5O. The number of rotatable bonds is 4. The molecule has 1 saturated heterocycles. The minimum Gasteiger partial charge on any atom is -0.380 e. The van der Waals surface area contributed by atoms with Crippen molar-refractivity contribution >= 4 is 11.6 Å². The molecule has 0 aromatic carbocycles. The first-order valence-corrected chi connectivity index (χ1v) is 6.26. The maximum Gasteiger partial charge on any atom is 0.148 e. The summed E-state index contributed by atoms with van der Waals surface area (Å²) in [6.45, 7) is 6.07. The van der Waals surface area contributed by atoms with Gasteiger partial charge in [-0.3, -0.25) is 0 Å². The van der Waals surface area contributed by atoms with E-state index in [4.69, 9.17) is 10.6 Å². The van der Waals surface area contributed by atoms with Crippen molar-refractivity contribution in [3.63, 3.8) is 0 Å². The summed E-state index contributed by atoms with van der Waals surface area (Å²) in [5.41, 5.74) is 3.72. The monoisotopic (exact) mass is 251 g/mol. The van der Waals surface area contributed by atoms with E-state index in [0.29, 0.717) is 11.7 Å². The molecule has 1 unspecified atom stereocenters. The second-order valence-electron chi connectivity index (χ2n) is 4.85. The van der Waals surface area contributed by atoms with Crippen LogP contribution in [-0.4, -0.2) is 36.3 Å². The molecular weight excluding hydrogens is 230 g/mol. The number of hydrogen-bond donors (Lipinski definition) is 2. The Balaban J connectivity index is 2.32. The van der Waals surface area contributed by atoms with Gasteiger partial charge in [-0.25, -0.2) is 15.8 Å². The SMILES string of the molecule is COC1CCN(c2ncnc(NN)c2C(C)C)C1. The fourth-order valence-electron chi connectivity index (χ4n) is 2.40. The summed E-state index contributed by atoms with van der Waals surface area (Å²) in [6.07, 6.45) is 2.87. The van der Waals surface area contributed by atoms with Gasteiger partial charge in [0.25, 0.3) is 0 Å². The molecule has 3 N–H and O–H groups in total. The standard InChI is InChI=1S/C12H21N5O/c1-8(2)10-11(16-13)14-7-15-12(10)17-5-4-9(6-17)18-3/h7-9H,4-6,13H2,1-3H3,(H,14,15,16). The van der Waals surface area contributed by atoms with Gasteiger partial charge in [0.15, 0.2) is 0 Å². The summed E-state index contributed by atoms with van der Waals surface area (Å²) in [7, 11) is 1.75. The predicted octanol–water partition coefficient (Wildman–Crippen LogP) is 1.11. The highest BCUT2D eigenvalue weighted by atomic mass is 16.5. The van der Waals surface area contributed by atoms with Crippen LogP contribution in [0.5, 0.6) is 0 Å². The zero-order valence-corrected chi connectivity index (χ0v) is 11.2. The maximum atomic E-state index is 5.53. The van der Waals surface area contributed by atoms with Crippen LogP contribution in [0.25, 0.3) is 0 Å². The van der Waals surface area contributed by atoms with Gasteiger partial charge in [0.2, 0.25) is 0 Å². The third-order valence-corrected chi connectivity index (χ3v) is 3.35. The highest BCUT2D eigenvalue weighted by Crippen LogP contribution is 2.32. The van der Waals surface area contributed by atoms with Gasteiger partial charge < -0.3 is 15.1 Å². The van der Waals surface area contributed by atoms with E-state index >= 15 is 0 Å². The van der Waals surface area contributed by atoms with Crippen LogP contribution in [-0.2, 0) is 4.74 Å². The summed E-state index contributed by atoms with van der Waals surface area (Å²) in [5, 5.41) is 0. The molecule has 1 aromatic rings. The Bertz CT molecular complexity index is 409. The lowest BCUT2D eigenvalue weighted by atomic mass is 10.0. The molecule has 1 aromatic heterocycles. The third-order valence-electron chi connectivity index (χ3n) is 3.35. The average Bonchev–Trinajstić information content (AvgIpc) is 2.86. The molecule has 100 valence electrons. The van der Waals surface area contributed by atoms with E-state index in [1.807, 2.05) is 0 Å². The minimum absolute atomic E-state index is 0.286. The number of nitrogens with one attached hydrogen (secondary N) is 1. The Morgan fingerprint density at radius 2 is 2.28 bits per heavy atom. The molecule has 0 amide bonds. The summed E-state index contributed by atoms with van der Waals surface area (Å²) < 4.78 is 5.39. The van der Waals surface area contributed by atoms with Crippen molar-refractivity contribution in [2.75, 3.05) is 30.5 Å². The summed E-state index contributed by atoms with van der Waals surface area (Å²) in [5.74, 6) is 7.51. The molecule has 6 heteroatoms. The normalized spacial score (nSPS) is 19.6. The van der Waals surface area contributed by atoms with Crippen molar-refractivity contribution in [1.29, 1.82) is 0 Å². The molecule has 1 atom stereocenters. The quantitative estimate of drug-likeness (QED) is 0.616. The molecule has 0 radical (unpaired) electrons. The van der Waals surface area contributed by atoms with Gasteiger partial charge in [-0.15, -0.1) is 0 Å². The Kier molecular flexibility index (Phi) is 3.98. The fourth-order valence-corrected chi connectivity index (χ4v) is 2.40. The van der Waals surface area contributed by atoms with Gasteiger partial charge in [-0.2, -0.15) is 0 Å². The van der Waals surface area contributed by atoms with E-state index in [2.05, 4.69) is 34.1 Å². The Morgan fingerprint density at radius 1 is 1.50 bits per heavy atom. The van der Waals surface area contributed by atoms with Crippen molar-refractivity contribution in [3.8, 4) is 0 Å². The van der Waals surface area contributed by atoms with Gasteiger partial charge in [0, 0.05) is 25.8 Å². The summed E-state index contributed by atoms with van der Waals surface area (Å²) >= 11 is 0. The first-order valence-electron chi connectivity index (χ1n) is 6.26. The van der Waals surface area contributed by atoms with Crippen LogP contribution >= 0.6 is 0 Å². The van der Waals surface area contributed by atoms with Crippen molar-refractivity contribution < 1.29 is 4.74 Å². The lowest BCUT2D eigenvalue weighted by Crippen LogP contribution is -2.26. The van der Waals surface area contributed by atoms with E-state index in [0.717, 1.165) is 30.9 Å². The lowest BCUT2D eigenvalue weighted by molar-refractivity contribution is 0.121. The van der Waals surface area contributed by atoms with E-state index in [1.54, 1.807) is 13.4 Å². The highest BCUT2D eigenvalue weighted by molar-refractivity contribution is 5.60. The van der Waals surface area contributed by atoms with Gasteiger partial charge >= 0.3 is 0 Å². The molecule has 0 spiro atoms. The first-order chi connectivity index (χ1) is 8.67. The number of methoxy groups -OCH3 is 1. The number of nitrogen functional groups attached to an aromatic ring is 1. The molecule has 6 nitrogen and oxygen atoms in total. The van der Waals surface area contributed by atoms with Crippen LogP contribution in [0.1, 0.15) is 31.7 Å². The molecule has 1 fully saturated rings. The van der Waals surface area contributed by atoms with Crippen molar-refractivity contribution in [2.24, 2.45) is 5.84 Å². The molecule has 2 rings (SSSR count). The van der Waals surface area contributed by atoms with E-state index in [-0.39, 0.29) is 6.10 Å². The smallest absolute Gasteiger partial charge is 0.148 e. The van der Waals surface area contributed by atoms with Crippen molar-refractivity contribution in [2.45, 2.75) is 32.3 Å².